The molecule has 2 rings (SSSR count). The van der Waals surface area contributed by atoms with Crippen LogP contribution in [-0.4, -0.2) is 29.5 Å². The molecule has 1 aromatic heterocycles. The van der Waals surface area contributed by atoms with Crippen LogP contribution in [0.4, 0.5) is 0 Å². The van der Waals surface area contributed by atoms with Crippen molar-refractivity contribution in [1.29, 1.82) is 0 Å². The molecule has 0 saturated carbocycles. The summed E-state index contributed by atoms with van der Waals surface area (Å²) in [5.41, 5.74) is 1.28. The molecule has 1 amide bonds. The number of nitrogens with one attached hydrogen (secondary N) is 2. The molecule has 0 aliphatic heterocycles. The third-order valence-electron chi connectivity index (χ3n) is 3.33. The highest BCUT2D eigenvalue weighted by atomic mass is 32.2. The first-order valence-corrected chi connectivity index (χ1v) is 9.07. The molecule has 0 saturated heterocycles. The van der Waals surface area contributed by atoms with Gasteiger partial charge in [-0.3, -0.25) is 9.59 Å². The van der Waals surface area contributed by atoms with E-state index in [0.29, 0.717) is 29.1 Å². The molecule has 1 aromatic carbocycles. The molecule has 0 fully saturated rings. The number of ether oxygens (including phenoxy) is 1. The Morgan fingerprint density at radius 1 is 1.36 bits per heavy atom. The second-order valence-electron chi connectivity index (χ2n) is 6.06. The largest absolute Gasteiger partial charge is 0.497 e. The lowest BCUT2D eigenvalue weighted by atomic mass is 10.2. The topological polar surface area (TPSA) is 84.1 Å². The number of carbonyl (C=O) groups excluding carboxylic acids is 1. The fourth-order valence-corrected chi connectivity index (χ4v) is 2.94. The highest BCUT2D eigenvalue weighted by molar-refractivity contribution is 7.98. The Morgan fingerprint density at radius 2 is 2.16 bits per heavy atom. The summed E-state index contributed by atoms with van der Waals surface area (Å²) in [5, 5.41) is 3.33. The van der Waals surface area contributed by atoms with Gasteiger partial charge in [-0.15, -0.1) is 0 Å². The van der Waals surface area contributed by atoms with Crippen LogP contribution in [0, 0.1) is 5.92 Å². The van der Waals surface area contributed by atoms with Gasteiger partial charge in [-0.1, -0.05) is 37.7 Å². The number of nitrogens with zero attached hydrogens (tertiary/aromatic N) is 1. The number of H-pyrrole nitrogens is 1. The molecule has 1 heterocycles. The zero-order chi connectivity index (χ0) is 18.2. The highest BCUT2D eigenvalue weighted by Crippen LogP contribution is 2.21. The van der Waals surface area contributed by atoms with Crippen molar-refractivity contribution in [1.82, 2.24) is 15.3 Å². The number of thioether (sulfide) groups is 1. The monoisotopic (exact) mass is 361 g/mol. The number of hydrogen-bond acceptors (Lipinski definition) is 5. The Labute approximate surface area is 151 Å². The van der Waals surface area contributed by atoms with Gasteiger partial charge >= 0.3 is 0 Å². The fraction of sp³-hybridized carbons (Fsp3) is 0.389. The van der Waals surface area contributed by atoms with E-state index in [-0.39, 0.29) is 17.9 Å². The summed E-state index contributed by atoms with van der Waals surface area (Å²) in [4.78, 5) is 30.8. The van der Waals surface area contributed by atoms with Gasteiger partial charge in [-0.05, 0) is 23.6 Å². The second-order valence-corrected chi connectivity index (χ2v) is 7.02. The number of amides is 1. The zero-order valence-corrected chi connectivity index (χ0v) is 15.5. The van der Waals surface area contributed by atoms with Crippen LogP contribution in [0.1, 0.15) is 25.1 Å². The lowest BCUT2D eigenvalue weighted by molar-refractivity contribution is -0.120. The van der Waals surface area contributed by atoms with Crippen molar-refractivity contribution in [2.75, 3.05) is 13.7 Å². The summed E-state index contributed by atoms with van der Waals surface area (Å²) < 4.78 is 5.20. The van der Waals surface area contributed by atoms with Crippen molar-refractivity contribution in [3.05, 3.63) is 51.9 Å². The Morgan fingerprint density at radius 3 is 2.88 bits per heavy atom. The zero-order valence-electron chi connectivity index (χ0n) is 14.7. The van der Waals surface area contributed by atoms with Crippen LogP contribution >= 0.6 is 11.8 Å². The molecule has 2 aromatic rings. The lowest BCUT2D eigenvalue weighted by Crippen LogP contribution is -2.29. The van der Waals surface area contributed by atoms with Crippen LogP contribution in [0.2, 0.25) is 0 Å². The number of rotatable bonds is 8. The van der Waals surface area contributed by atoms with Crippen molar-refractivity contribution in [3.8, 4) is 5.75 Å². The number of methoxy groups -OCH3 is 1. The average Bonchev–Trinajstić information content (AvgIpc) is 2.58. The molecule has 0 unspecified atom stereocenters. The maximum absolute atomic E-state index is 11.9. The van der Waals surface area contributed by atoms with Crippen LogP contribution < -0.4 is 15.6 Å². The summed E-state index contributed by atoms with van der Waals surface area (Å²) in [7, 11) is 1.62. The number of aromatic nitrogens is 2. The fourth-order valence-electron chi connectivity index (χ4n) is 2.10. The molecule has 0 aliphatic carbocycles. The maximum atomic E-state index is 11.9. The quantitative estimate of drug-likeness (QED) is 0.557. The van der Waals surface area contributed by atoms with Crippen LogP contribution in [0.3, 0.4) is 0 Å². The van der Waals surface area contributed by atoms with E-state index in [9.17, 15) is 9.59 Å². The van der Waals surface area contributed by atoms with E-state index in [4.69, 9.17) is 4.74 Å². The van der Waals surface area contributed by atoms with Gasteiger partial charge in [-0.2, -0.15) is 0 Å². The average molecular weight is 361 g/mol. The van der Waals surface area contributed by atoms with E-state index in [2.05, 4.69) is 15.3 Å². The van der Waals surface area contributed by atoms with Gasteiger partial charge in [0, 0.05) is 18.4 Å². The van der Waals surface area contributed by atoms with E-state index in [0.717, 1.165) is 11.3 Å². The molecule has 134 valence electrons. The first-order valence-electron chi connectivity index (χ1n) is 8.09. The van der Waals surface area contributed by atoms with Gasteiger partial charge in [0.15, 0.2) is 5.16 Å². The number of aromatic amines is 1. The smallest absolute Gasteiger partial charge is 0.251 e. The minimum absolute atomic E-state index is 0.101. The predicted molar refractivity (Wildman–Crippen MR) is 99.0 cm³/mol. The van der Waals surface area contributed by atoms with Crippen molar-refractivity contribution in [2.45, 2.75) is 31.2 Å². The Kier molecular flexibility index (Phi) is 7.06. The van der Waals surface area contributed by atoms with E-state index < -0.39 is 0 Å². The molecule has 0 radical (unpaired) electrons. The summed E-state index contributed by atoms with van der Waals surface area (Å²) >= 11 is 1.41. The Balaban J connectivity index is 2.00. The Hall–Kier alpha value is -2.28. The van der Waals surface area contributed by atoms with Crippen molar-refractivity contribution in [3.63, 3.8) is 0 Å². The molecule has 2 N–H and O–H groups in total. The van der Waals surface area contributed by atoms with E-state index in [1.54, 1.807) is 7.11 Å². The standard InChI is InChI=1S/C18H23N3O3S/c1-12(2)10-19-16(22)8-14-9-17(23)21-18(20-14)25-11-13-5-4-6-15(7-13)24-3/h4-7,9,12H,8,10-11H2,1-3H3,(H,19,22)(H,20,21,23). The van der Waals surface area contributed by atoms with Crippen LogP contribution in [0.5, 0.6) is 5.75 Å². The summed E-state index contributed by atoms with van der Waals surface area (Å²) in [5.74, 6) is 1.68. The van der Waals surface area contributed by atoms with Crippen molar-refractivity contribution < 1.29 is 9.53 Å². The minimum Gasteiger partial charge on any atom is -0.497 e. The lowest BCUT2D eigenvalue weighted by Gasteiger charge is -2.08. The summed E-state index contributed by atoms with van der Waals surface area (Å²) in [6.45, 7) is 4.66. The number of hydrogen-bond donors (Lipinski definition) is 2. The number of carbonyl (C=O) groups is 1. The molecule has 7 heteroatoms. The molecule has 0 aliphatic rings. The van der Waals surface area contributed by atoms with Crippen molar-refractivity contribution in [2.24, 2.45) is 5.92 Å². The SMILES string of the molecule is COc1cccc(CSc2nc(CC(=O)NCC(C)C)cc(=O)[nH]2)c1. The van der Waals surface area contributed by atoms with Crippen molar-refractivity contribution >= 4 is 17.7 Å². The molecule has 0 bridgehead atoms. The number of benzene rings is 1. The molecule has 0 spiro atoms. The van der Waals surface area contributed by atoms with E-state index in [1.165, 1.54) is 17.8 Å². The maximum Gasteiger partial charge on any atom is 0.251 e. The molecular weight excluding hydrogens is 338 g/mol. The molecule has 25 heavy (non-hydrogen) atoms. The van der Waals surface area contributed by atoms with Crippen LogP contribution in [0.15, 0.2) is 40.3 Å². The third-order valence-corrected chi connectivity index (χ3v) is 4.28. The van der Waals surface area contributed by atoms with Gasteiger partial charge in [0.1, 0.15) is 5.75 Å². The first-order chi connectivity index (χ1) is 12.0. The summed E-state index contributed by atoms with van der Waals surface area (Å²) in [6.07, 6.45) is 0.101. The van der Waals surface area contributed by atoms with E-state index in [1.807, 2.05) is 38.1 Å². The van der Waals surface area contributed by atoms with Crippen LogP contribution in [-0.2, 0) is 17.0 Å². The minimum atomic E-state index is -0.255. The molecule has 0 atom stereocenters. The highest BCUT2D eigenvalue weighted by Gasteiger charge is 2.09. The predicted octanol–water partition coefficient (Wildman–Crippen LogP) is 2.39. The Bertz CT molecular complexity index is 774. The first kappa shape index (κ1) is 19.1. The summed E-state index contributed by atoms with van der Waals surface area (Å²) in [6, 6.07) is 9.08. The van der Waals surface area contributed by atoms with Gasteiger partial charge in [0.25, 0.3) is 5.56 Å². The van der Waals surface area contributed by atoms with E-state index >= 15 is 0 Å². The van der Waals surface area contributed by atoms with Gasteiger partial charge in [0.05, 0.1) is 19.2 Å². The molecular formula is C18H23N3O3S. The van der Waals surface area contributed by atoms with Gasteiger partial charge in [-0.25, -0.2) is 4.98 Å². The molecule has 6 nitrogen and oxygen atoms in total. The van der Waals surface area contributed by atoms with Gasteiger partial charge < -0.3 is 15.0 Å². The van der Waals surface area contributed by atoms with Gasteiger partial charge in [0.2, 0.25) is 5.91 Å². The third kappa shape index (κ3) is 6.62. The normalized spacial score (nSPS) is 10.7. The van der Waals surface area contributed by atoms with Crippen LogP contribution in [0.25, 0.3) is 0 Å². The second kappa shape index (κ2) is 9.27.